The maximum Gasteiger partial charge on any atom is 0.234 e. The minimum absolute atomic E-state index is 0.161. The van der Waals surface area contributed by atoms with E-state index >= 15 is 0 Å². The molecular formula is C24H37N5O2. The van der Waals surface area contributed by atoms with Crippen LogP contribution in [0, 0.1) is 0 Å². The van der Waals surface area contributed by atoms with Gasteiger partial charge < -0.3 is 20.3 Å². The number of nitrogens with zero attached hydrogens (tertiary/aromatic N) is 3. The van der Waals surface area contributed by atoms with Crippen molar-refractivity contribution in [3.05, 3.63) is 29.8 Å². The van der Waals surface area contributed by atoms with Crippen LogP contribution in [0.5, 0.6) is 5.75 Å². The molecule has 0 bridgehead atoms. The highest BCUT2D eigenvalue weighted by atomic mass is 16.5. The average Bonchev–Trinajstić information content (AvgIpc) is 3.60. The summed E-state index contributed by atoms with van der Waals surface area (Å²) >= 11 is 0. The van der Waals surface area contributed by atoms with E-state index in [0.29, 0.717) is 18.7 Å². The van der Waals surface area contributed by atoms with E-state index in [1.165, 1.54) is 37.7 Å². The lowest BCUT2D eigenvalue weighted by Crippen LogP contribution is -2.54. The number of piperazine rings is 1. The number of guanidine groups is 1. The Bertz CT molecular complexity index is 750. The Morgan fingerprint density at radius 3 is 2.58 bits per heavy atom. The van der Waals surface area contributed by atoms with E-state index in [1.807, 2.05) is 7.05 Å². The van der Waals surface area contributed by atoms with Crippen LogP contribution in [0.3, 0.4) is 0 Å². The number of carbonyl (C=O) groups is 1. The van der Waals surface area contributed by atoms with Crippen LogP contribution >= 0.6 is 0 Å². The Morgan fingerprint density at radius 1 is 1.10 bits per heavy atom. The fraction of sp³-hybridized carbons (Fsp3) is 0.667. The molecule has 2 saturated carbocycles. The van der Waals surface area contributed by atoms with Gasteiger partial charge in [-0.05, 0) is 56.2 Å². The average molecular weight is 428 g/mol. The molecule has 1 aromatic carbocycles. The third-order valence-corrected chi connectivity index (χ3v) is 6.40. The van der Waals surface area contributed by atoms with E-state index in [2.05, 4.69) is 49.7 Å². The van der Waals surface area contributed by atoms with E-state index in [9.17, 15) is 4.79 Å². The molecule has 2 N–H and O–H groups in total. The zero-order valence-electron chi connectivity index (χ0n) is 18.8. The number of hydrogen-bond acceptors (Lipinski definition) is 4. The Kier molecular flexibility index (Phi) is 7.67. The Labute approximate surface area is 186 Å². The van der Waals surface area contributed by atoms with Crippen molar-refractivity contribution in [1.82, 2.24) is 20.4 Å². The highest BCUT2D eigenvalue weighted by molar-refractivity contribution is 5.80. The van der Waals surface area contributed by atoms with Crippen LogP contribution in [0.25, 0.3) is 0 Å². The highest BCUT2D eigenvalue weighted by Gasteiger charge is 2.26. The molecule has 1 amide bonds. The lowest BCUT2D eigenvalue weighted by Gasteiger charge is -2.36. The van der Waals surface area contributed by atoms with Gasteiger partial charge in [-0.1, -0.05) is 18.6 Å². The molecular weight excluding hydrogens is 390 g/mol. The summed E-state index contributed by atoms with van der Waals surface area (Å²) in [5, 5.41) is 6.57. The molecule has 4 rings (SSSR count). The van der Waals surface area contributed by atoms with Crippen molar-refractivity contribution in [3.8, 4) is 5.75 Å². The summed E-state index contributed by atoms with van der Waals surface area (Å²) in [6.45, 7) is 4.73. The summed E-state index contributed by atoms with van der Waals surface area (Å²) in [5.74, 6) is 2.05. The van der Waals surface area contributed by atoms with Crippen LogP contribution in [-0.4, -0.2) is 73.6 Å². The zero-order chi connectivity index (χ0) is 21.5. The van der Waals surface area contributed by atoms with E-state index < -0.39 is 0 Å². The molecule has 1 aliphatic heterocycles. The topological polar surface area (TPSA) is 69.2 Å². The number of aliphatic imine (C=N–C) groups is 1. The largest absolute Gasteiger partial charge is 0.490 e. The molecule has 0 spiro atoms. The summed E-state index contributed by atoms with van der Waals surface area (Å²) in [6.07, 6.45) is 8.88. The molecule has 0 aromatic heterocycles. The number of ether oxygens (including phenoxy) is 1. The van der Waals surface area contributed by atoms with Crippen molar-refractivity contribution in [2.75, 3.05) is 39.8 Å². The molecule has 31 heavy (non-hydrogen) atoms. The summed E-state index contributed by atoms with van der Waals surface area (Å²) in [6, 6.07) is 8.84. The van der Waals surface area contributed by atoms with Crippen LogP contribution in [-0.2, 0) is 11.3 Å². The van der Waals surface area contributed by atoms with E-state index in [0.717, 1.165) is 57.3 Å². The van der Waals surface area contributed by atoms with Crippen molar-refractivity contribution < 1.29 is 9.53 Å². The van der Waals surface area contributed by atoms with Crippen LogP contribution in [0.4, 0.5) is 0 Å². The minimum atomic E-state index is 0.161. The van der Waals surface area contributed by atoms with Gasteiger partial charge in [0.05, 0.1) is 12.6 Å². The minimum Gasteiger partial charge on any atom is -0.490 e. The van der Waals surface area contributed by atoms with Crippen molar-refractivity contribution >= 4 is 11.9 Å². The van der Waals surface area contributed by atoms with Gasteiger partial charge in [0.25, 0.3) is 0 Å². The van der Waals surface area contributed by atoms with Gasteiger partial charge in [-0.15, -0.1) is 0 Å². The van der Waals surface area contributed by atoms with Crippen molar-refractivity contribution in [2.24, 2.45) is 4.99 Å². The van der Waals surface area contributed by atoms with Gasteiger partial charge >= 0.3 is 0 Å². The number of amides is 1. The molecule has 1 heterocycles. The molecule has 2 aliphatic carbocycles. The number of benzene rings is 1. The van der Waals surface area contributed by atoms with Gasteiger partial charge in [-0.25, -0.2) is 0 Å². The van der Waals surface area contributed by atoms with Gasteiger partial charge in [0.1, 0.15) is 5.75 Å². The van der Waals surface area contributed by atoms with Crippen molar-refractivity contribution in [1.29, 1.82) is 0 Å². The predicted molar refractivity (Wildman–Crippen MR) is 123 cm³/mol. The van der Waals surface area contributed by atoms with Crippen molar-refractivity contribution in [3.63, 3.8) is 0 Å². The van der Waals surface area contributed by atoms with Crippen LogP contribution in [0.15, 0.2) is 29.3 Å². The Morgan fingerprint density at radius 2 is 1.87 bits per heavy atom. The SMILES string of the molecule is CN=C(NCc1cccc(OC2CCCCC2)c1)N1CCN(CC(=O)NC2CC2)CC1. The first-order valence-electron chi connectivity index (χ1n) is 11.9. The summed E-state index contributed by atoms with van der Waals surface area (Å²) < 4.78 is 6.21. The molecule has 3 fully saturated rings. The Balaban J connectivity index is 1.21. The molecule has 0 radical (unpaired) electrons. The van der Waals surface area contributed by atoms with Gasteiger partial charge in [-0.2, -0.15) is 0 Å². The molecule has 3 aliphatic rings. The highest BCUT2D eigenvalue weighted by Crippen LogP contribution is 2.24. The standard InChI is InChI=1S/C24H37N5O2/c1-25-24(29-14-12-28(13-15-29)18-23(30)27-20-10-11-20)26-17-19-6-5-9-22(16-19)31-21-7-3-2-4-8-21/h5-6,9,16,20-21H,2-4,7-8,10-15,17-18H2,1H3,(H,25,26)(H,27,30). The first kappa shape index (κ1) is 21.9. The normalized spacial score (nSPS) is 21.1. The fourth-order valence-electron chi connectivity index (χ4n) is 4.44. The van der Waals surface area contributed by atoms with Crippen LogP contribution in [0.2, 0.25) is 0 Å². The van der Waals surface area contributed by atoms with Crippen LogP contribution in [0.1, 0.15) is 50.5 Å². The number of nitrogens with one attached hydrogen (secondary N) is 2. The summed E-state index contributed by atoms with van der Waals surface area (Å²) in [7, 11) is 1.83. The monoisotopic (exact) mass is 427 g/mol. The third kappa shape index (κ3) is 6.86. The van der Waals surface area contributed by atoms with Gasteiger partial charge in [0.2, 0.25) is 5.91 Å². The molecule has 7 nitrogen and oxygen atoms in total. The molecule has 7 heteroatoms. The molecule has 0 atom stereocenters. The van der Waals surface area contributed by atoms with Gasteiger partial charge in [-0.3, -0.25) is 14.7 Å². The molecule has 0 unspecified atom stereocenters. The third-order valence-electron chi connectivity index (χ3n) is 6.40. The van der Waals surface area contributed by atoms with Crippen LogP contribution < -0.4 is 15.4 Å². The van der Waals surface area contributed by atoms with E-state index in [4.69, 9.17) is 4.74 Å². The summed E-state index contributed by atoms with van der Waals surface area (Å²) in [5.41, 5.74) is 1.20. The molecule has 1 aromatic rings. The molecule has 170 valence electrons. The number of carbonyl (C=O) groups excluding carboxylic acids is 1. The maximum atomic E-state index is 12.0. The van der Waals surface area contributed by atoms with Crippen molar-refractivity contribution in [2.45, 2.75) is 63.6 Å². The maximum absolute atomic E-state index is 12.0. The predicted octanol–water partition coefficient (Wildman–Crippen LogP) is 2.37. The van der Waals surface area contributed by atoms with E-state index in [1.54, 1.807) is 0 Å². The lowest BCUT2D eigenvalue weighted by atomic mass is 9.98. The van der Waals surface area contributed by atoms with Gasteiger partial charge in [0, 0.05) is 45.8 Å². The number of hydrogen-bond donors (Lipinski definition) is 2. The zero-order valence-corrected chi connectivity index (χ0v) is 18.8. The smallest absolute Gasteiger partial charge is 0.234 e. The number of rotatable bonds is 7. The first-order chi connectivity index (χ1) is 15.2. The fourth-order valence-corrected chi connectivity index (χ4v) is 4.44. The second-order valence-corrected chi connectivity index (χ2v) is 9.03. The first-order valence-corrected chi connectivity index (χ1v) is 11.9. The second-order valence-electron chi connectivity index (χ2n) is 9.03. The quantitative estimate of drug-likeness (QED) is 0.517. The lowest BCUT2D eigenvalue weighted by molar-refractivity contribution is -0.122. The van der Waals surface area contributed by atoms with E-state index in [-0.39, 0.29) is 5.91 Å². The summed E-state index contributed by atoms with van der Waals surface area (Å²) in [4.78, 5) is 21.0. The second kappa shape index (κ2) is 10.8. The van der Waals surface area contributed by atoms with Gasteiger partial charge in [0.15, 0.2) is 5.96 Å². The Hall–Kier alpha value is -2.28. The molecule has 1 saturated heterocycles.